The first kappa shape index (κ1) is 34.2. The minimum absolute atomic E-state index is 0.0225. The Kier molecular flexibility index (Phi) is 16.7. The molecule has 4 atom stereocenters. The van der Waals surface area contributed by atoms with Gasteiger partial charge in [0.2, 0.25) is 0 Å². The molecule has 0 saturated heterocycles. The summed E-state index contributed by atoms with van der Waals surface area (Å²) in [6, 6.07) is 0. The van der Waals surface area contributed by atoms with Crippen molar-refractivity contribution in [3.8, 4) is 0 Å². The van der Waals surface area contributed by atoms with E-state index in [2.05, 4.69) is 15.6 Å². The molecule has 2 aliphatic carbocycles. The van der Waals surface area contributed by atoms with Gasteiger partial charge in [-0.1, -0.05) is 18.2 Å². The standard InChI is InChI=1S/C12H19O5P.C7H15O3P.C5H4O2/c1-3-9(5-4-6-17-18(2,15)16)11-7-10(13)8-12(11)14;1-3-4-5-6-7-10-11(2,8)9;6-4-1-2-5(7)3-4/h3,9,11H,1,4-8H2,2H3,(H,15,16);3-4H,5-7H2,1-2H3,(H,8,9);1-2H,3H2/p-2/b;4-3+;. The summed E-state index contributed by atoms with van der Waals surface area (Å²) in [5.74, 6) is -0.567. The monoisotopic (exact) mass is 546 g/mol. The van der Waals surface area contributed by atoms with Gasteiger partial charge in [0.25, 0.3) is 0 Å². The van der Waals surface area contributed by atoms with Crippen LogP contribution in [0, 0.1) is 11.8 Å². The molecule has 12 heteroatoms. The van der Waals surface area contributed by atoms with Crippen LogP contribution in [0.1, 0.15) is 51.9 Å². The van der Waals surface area contributed by atoms with Crippen LogP contribution in [0.5, 0.6) is 0 Å². The number of ketones is 4. The fourth-order valence-corrected chi connectivity index (χ4v) is 4.17. The lowest BCUT2D eigenvalue weighted by Gasteiger charge is -2.20. The number of carbonyl (C=O) groups is 4. The Morgan fingerprint density at radius 3 is 1.89 bits per heavy atom. The molecule has 4 unspecified atom stereocenters. The lowest BCUT2D eigenvalue weighted by molar-refractivity contribution is -0.197. The Hall–Kier alpha value is -1.80. The van der Waals surface area contributed by atoms with Gasteiger partial charge in [-0.25, -0.2) is 0 Å². The number of rotatable bonds is 12. The summed E-state index contributed by atoms with van der Waals surface area (Å²) in [7, 11) is -7.17. The van der Waals surface area contributed by atoms with Gasteiger partial charge in [0.1, 0.15) is 26.8 Å². The topological polar surface area (TPSA) is 167 Å². The molecule has 0 N–H and O–H groups in total. The van der Waals surface area contributed by atoms with Gasteiger partial charge in [-0.15, -0.1) is 6.58 Å². The van der Waals surface area contributed by atoms with Crippen LogP contribution in [0.15, 0.2) is 37.0 Å². The van der Waals surface area contributed by atoms with Crippen LogP contribution in [-0.2, 0) is 37.4 Å². The van der Waals surface area contributed by atoms with Crippen LogP contribution in [0.3, 0.4) is 0 Å². The third-order valence-corrected chi connectivity index (χ3v) is 6.24. The van der Waals surface area contributed by atoms with Crippen LogP contribution in [0.2, 0.25) is 0 Å². The zero-order chi connectivity index (χ0) is 27.8. The van der Waals surface area contributed by atoms with Crippen molar-refractivity contribution < 1.29 is 47.1 Å². The Balaban J connectivity index is 0.000000574. The van der Waals surface area contributed by atoms with Crippen LogP contribution in [0.4, 0.5) is 0 Å². The van der Waals surface area contributed by atoms with Gasteiger partial charge in [0, 0.05) is 25.7 Å². The maximum atomic E-state index is 11.6. The number of allylic oxidation sites excluding steroid dienone is 5. The van der Waals surface area contributed by atoms with E-state index in [0.29, 0.717) is 19.4 Å². The molecule has 0 heterocycles. The van der Waals surface area contributed by atoms with Crippen LogP contribution in [0.25, 0.3) is 0 Å². The van der Waals surface area contributed by atoms with Crippen molar-refractivity contribution in [2.24, 2.45) is 11.8 Å². The van der Waals surface area contributed by atoms with Crippen molar-refractivity contribution >= 4 is 38.3 Å². The summed E-state index contributed by atoms with van der Waals surface area (Å²) in [4.78, 5) is 64.3. The Labute approximate surface area is 212 Å². The highest BCUT2D eigenvalue weighted by molar-refractivity contribution is 7.50. The van der Waals surface area contributed by atoms with Crippen molar-refractivity contribution in [3.05, 3.63) is 37.0 Å². The van der Waals surface area contributed by atoms with Gasteiger partial charge >= 0.3 is 0 Å². The first-order valence-corrected chi connectivity index (χ1v) is 15.5. The molecule has 0 radical (unpaired) electrons. The van der Waals surface area contributed by atoms with E-state index in [9.17, 15) is 38.1 Å². The first-order chi connectivity index (χ1) is 16.7. The average Bonchev–Trinajstić information content (AvgIpc) is 3.30. The van der Waals surface area contributed by atoms with E-state index in [-0.39, 0.29) is 60.8 Å². The molecule has 0 aromatic carbocycles. The van der Waals surface area contributed by atoms with Gasteiger partial charge in [-0.2, -0.15) is 0 Å². The molecule has 0 amide bonds. The summed E-state index contributed by atoms with van der Waals surface area (Å²) in [6.45, 7) is 8.11. The van der Waals surface area contributed by atoms with E-state index >= 15 is 0 Å². The zero-order valence-corrected chi connectivity index (χ0v) is 22.9. The molecule has 1 saturated carbocycles. The van der Waals surface area contributed by atoms with Crippen LogP contribution < -0.4 is 9.79 Å². The van der Waals surface area contributed by atoms with Crippen molar-refractivity contribution in [2.45, 2.75) is 51.9 Å². The molecule has 204 valence electrons. The average molecular weight is 546 g/mol. The normalized spacial score (nSPS) is 21.3. The van der Waals surface area contributed by atoms with Gasteiger partial charge in [0.05, 0.1) is 26.1 Å². The lowest BCUT2D eigenvalue weighted by atomic mass is 9.87. The second kappa shape index (κ2) is 17.6. The summed E-state index contributed by atoms with van der Waals surface area (Å²) >= 11 is 0. The molecule has 10 nitrogen and oxygen atoms in total. The van der Waals surface area contributed by atoms with Gasteiger partial charge < -0.3 is 28.0 Å². The second-order valence-electron chi connectivity index (χ2n) is 8.40. The summed E-state index contributed by atoms with van der Waals surface area (Å²) in [5.41, 5.74) is 0. The van der Waals surface area contributed by atoms with E-state index in [1.165, 1.54) is 12.2 Å². The number of Topliss-reactive ketones (excluding diaryl/α,β-unsaturated/α-hetero) is 2. The molecule has 36 heavy (non-hydrogen) atoms. The van der Waals surface area contributed by atoms with E-state index < -0.39 is 15.2 Å². The number of unbranched alkanes of at least 4 members (excludes halogenated alkanes) is 1. The van der Waals surface area contributed by atoms with Gasteiger partial charge in [0.15, 0.2) is 11.6 Å². The number of carbonyl (C=O) groups excluding carboxylic acids is 4. The molecule has 0 spiro atoms. The summed E-state index contributed by atoms with van der Waals surface area (Å²) < 4.78 is 30.4. The van der Waals surface area contributed by atoms with Crippen LogP contribution >= 0.6 is 15.2 Å². The highest BCUT2D eigenvalue weighted by Crippen LogP contribution is 2.33. The number of hydrogen-bond acceptors (Lipinski definition) is 10. The Morgan fingerprint density at radius 2 is 1.53 bits per heavy atom. The van der Waals surface area contributed by atoms with Gasteiger partial charge in [-0.3, -0.25) is 19.2 Å². The molecule has 2 rings (SSSR count). The Morgan fingerprint density at radius 1 is 1.00 bits per heavy atom. The molecule has 1 fully saturated rings. The molecular formula is C24H36O10P2-2. The lowest BCUT2D eigenvalue weighted by Crippen LogP contribution is -2.17. The third kappa shape index (κ3) is 18.5. The maximum Gasteiger partial charge on any atom is 0.163 e. The Bertz CT molecular complexity index is 894. The second-order valence-corrected chi connectivity index (χ2v) is 12.0. The third-order valence-electron chi connectivity index (χ3n) is 4.94. The van der Waals surface area contributed by atoms with Crippen molar-refractivity contribution in [1.29, 1.82) is 0 Å². The van der Waals surface area contributed by atoms with E-state index in [0.717, 1.165) is 26.2 Å². The minimum atomic E-state index is -3.68. The maximum absolute atomic E-state index is 11.6. The zero-order valence-electron chi connectivity index (χ0n) is 21.1. The van der Waals surface area contributed by atoms with E-state index in [1.807, 2.05) is 19.1 Å². The van der Waals surface area contributed by atoms with E-state index in [4.69, 9.17) is 0 Å². The highest BCUT2D eigenvalue weighted by Gasteiger charge is 2.35. The molecule has 0 aromatic rings. The predicted molar refractivity (Wildman–Crippen MR) is 132 cm³/mol. The largest absolute Gasteiger partial charge is 0.779 e. The minimum Gasteiger partial charge on any atom is -0.779 e. The fourth-order valence-electron chi connectivity index (χ4n) is 3.25. The van der Waals surface area contributed by atoms with Crippen molar-refractivity contribution in [3.63, 3.8) is 0 Å². The summed E-state index contributed by atoms with van der Waals surface area (Å²) in [5, 5.41) is 0. The molecule has 0 aliphatic heterocycles. The number of hydrogen-bond donors (Lipinski definition) is 0. The molecule has 0 aromatic heterocycles. The molecular weight excluding hydrogens is 510 g/mol. The molecule has 2 aliphatic rings. The van der Waals surface area contributed by atoms with Crippen LogP contribution in [-0.4, -0.2) is 49.7 Å². The smallest absolute Gasteiger partial charge is 0.163 e. The van der Waals surface area contributed by atoms with Gasteiger partial charge in [-0.05, 0) is 50.7 Å². The SMILES string of the molecule is C/C=C/CCCOP(C)(=O)[O-].C=CC(CCCOP(C)(=O)[O-])C1CC(=O)CC1=O.O=C1C=CC(=O)C1. The molecule has 0 bridgehead atoms. The highest BCUT2D eigenvalue weighted by atomic mass is 31.2. The predicted octanol–water partition coefficient (Wildman–Crippen LogP) is 2.94. The fraction of sp³-hybridized carbons (Fsp3) is 0.583. The van der Waals surface area contributed by atoms with E-state index in [1.54, 1.807) is 6.08 Å². The quantitative estimate of drug-likeness (QED) is 0.154. The first-order valence-electron chi connectivity index (χ1n) is 11.6. The van der Waals surface area contributed by atoms with Crippen molar-refractivity contribution in [1.82, 2.24) is 0 Å². The summed E-state index contributed by atoms with van der Waals surface area (Å²) in [6.07, 6.45) is 11.3. The van der Waals surface area contributed by atoms with Crippen molar-refractivity contribution in [2.75, 3.05) is 26.5 Å².